The fraction of sp³-hybridized carbons (Fsp3) is 0.222. The molecule has 1 heterocycles. The first-order valence-corrected chi connectivity index (χ1v) is 8.37. The van der Waals surface area contributed by atoms with Gasteiger partial charge in [-0.05, 0) is 53.8 Å². The van der Waals surface area contributed by atoms with Crippen LogP contribution in [0.25, 0.3) is 0 Å². The Bertz CT molecular complexity index is 708. The number of fused-ring (bicyclic) bond motifs is 3. The Balaban J connectivity index is 1.78. The summed E-state index contributed by atoms with van der Waals surface area (Å²) in [6.07, 6.45) is 5.80. The van der Waals surface area contributed by atoms with Crippen LogP contribution in [0.15, 0.2) is 59.1 Å². The van der Waals surface area contributed by atoms with E-state index in [9.17, 15) is 0 Å². The summed E-state index contributed by atoms with van der Waals surface area (Å²) in [4.78, 5) is 0. The molecule has 21 heavy (non-hydrogen) atoms. The maximum atomic E-state index is 6.02. The standard InChI is InChI=1S/C18H15BrClN/c19-12-6-9-17-16(10-12)14-2-1-3-15(14)18(21-17)11-4-7-13(20)8-5-11/h1-2,4-10,14-15,18,21H,3H2. The Kier molecular flexibility index (Phi) is 3.31. The smallest absolute Gasteiger partial charge is 0.0553 e. The topological polar surface area (TPSA) is 12.0 Å². The number of halogens is 2. The molecule has 4 rings (SSSR count). The zero-order valence-corrected chi connectivity index (χ0v) is 13.7. The summed E-state index contributed by atoms with van der Waals surface area (Å²) >= 11 is 9.61. The minimum absolute atomic E-state index is 0.343. The molecule has 0 radical (unpaired) electrons. The van der Waals surface area contributed by atoms with Gasteiger partial charge in [-0.2, -0.15) is 0 Å². The van der Waals surface area contributed by atoms with E-state index in [-0.39, 0.29) is 0 Å². The highest BCUT2D eigenvalue weighted by Crippen LogP contribution is 2.50. The van der Waals surface area contributed by atoms with Crippen molar-refractivity contribution in [1.82, 2.24) is 0 Å². The van der Waals surface area contributed by atoms with Crippen LogP contribution >= 0.6 is 27.5 Å². The zero-order valence-electron chi connectivity index (χ0n) is 11.4. The van der Waals surface area contributed by atoms with Crippen molar-refractivity contribution >= 4 is 33.2 Å². The highest BCUT2D eigenvalue weighted by Gasteiger charge is 2.37. The average molecular weight is 361 g/mol. The number of rotatable bonds is 1. The van der Waals surface area contributed by atoms with Gasteiger partial charge in [-0.25, -0.2) is 0 Å². The molecule has 2 aromatic rings. The van der Waals surface area contributed by atoms with Gasteiger partial charge in [0.2, 0.25) is 0 Å². The fourth-order valence-corrected chi connectivity index (χ4v) is 4.07. The number of benzene rings is 2. The number of hydrogen-bond acceptors (Lipinski definition) is 1. The molecule has 1 N–H and O–H groups in total. The lowest BCUT2D eigenvalue weighted by molar-refractivity contribution is 0.425. The second-order valence-corrected chi connectivity index (χ2v) is 7.11. The van der Waals surface area contributed by atoms with Crippen LogP contribution in [0.4, 0.5) is 5.69 Å². The lowest BCUT2D eigenvalue weighted by Crippen LogP contribution is -2.28. The first-order chi connectivity index (χ1) is 10.2. The molecule has 0 saturated heterocycles. The van der Waals surface area contributed by atoms with Crippen LogP contribution in [0.5, 0.6) is 0 Å². The van der Waals surface area contributed by atoms with Gasteiger partial charge in [0.25, 0.3) is 0 Å². The van der Waals surface area contributed by atoms with Crippen LogP contribution in [0.2, 0.25) is 5.02 Å². The molecule has 0 spiro atoms. The maximum absolute atomic E-state index is 6.02. The maximum Gasteiger partial charge on any atom is 0.0553 e. The van der Waals surface area contributed by atoms with Gasteiger partial charge in [0.15, 0.2) is 0 Å². The molecule has 3 heteroatoms. The van der Waals surface area contributed by atoms with E-state index in [1.54, 1.807) is 0 Å². The Morgan fingerprint density at radius 2 is 1.90 bits per heavy atom. The van der Waals surface area contributed by atoms with Crippen molar-refractivity contribution < 1.29 is 0 Å². The van der Waals surface area contributed by atoms with Crippen molar-refractivity contribution in [2.75, 3.05) is 5.32 Å². The van der Waals surface area contributed by atoms with Crippen LogP contribution < -0.4 is 5.32 Å². The van der Waals surface area contributed by atoms with E-state index in [4.69, 9.17) is 11.6 Å². The second-order valence-electron chi connectivity index (χ2n) is 5.76. The van der Waals surface area contributed by atoms with Gasteiger partial charge >= 0.3 is 0 Å². The molecule has 0 fully saturated rings. The van der Waals surface area contributed by atoms with E-state index in [1.165, 1.54) is 16.8 Å². The third kappa shape index (κ3) is 2.31. The predicted molar refractivity (Wildman–Crippen MR) is 91.9 cm³/mol. The minimum Gasteiger partial charge on any atom is -0.378 e. The summed E-state index contributed by atoms with van der Waals surface area (Å²) in [6.45, 7) is 0. The van der Waals surface area contributed by atoms with E-state index >= 15 is 0 Å². The number of allylic oxidation sites excluding steroid dienone is 2. The number of nitrogens with one attached hydrogen (secondary N) is 1. The van der Waals surface area contributed by atoms with Crippen molar-refractivity contribution in [3.63, 3.8) is 0 Å². The van der Waals surface area contributed by atoms with Crippen LogP contribution in [0, 0.1) is 5.92 Å². The summed E-state index contributed by atoms with van der Waals surface area (Å²) in [5.41, 5.74) is 3.95. The van der Waals surface area contributed by atoms with Crippen molar-refractivity contribution in [2.45, 2.75) is 18.4 Å². The lowest BCUT2D eigenvalue weighted by atomic mass is 9.77. The van der Waals surface area contributed by atoms with E-state index in [0.717, 1.165) is 15.9 Å². The molecule has 2 aliphatic rings. The van der Waals surface area contributed by atoms with Crippen LogP contribution in [-0.4, -0.2) is 0 Å². The van der Waals surface area contributed by atoms with Gasteiger partial charge in [-0.3, -0.25) is 0 Å². The summed E-state index contributed by atoms with van der Waals surface area (Å²) in [6, 6.07) is 15.1. The highest BCUT2D eigenvalue weighted by molar-refractivity contribution is 9.10. The van der Waals surface area contributed by atoms with Gasteiger partial charge in [0, 0.05) is 21.1 Å². The van der Waals surface area contributed by atoms with Crippen LogP contribution in [-0.2, 0) is 0 Å². The van der Waals surface area contributed by atoms with Gasteiger partial charge in [-0.15, -0.1) is 0 Å². The third-order valence-electron chi connectivity index (χ3n) is 4.55. The molecule has 0 saturated carbocycles. The van der Waals surface area contributed by atoms with Crippen molar-refractivity contribution in [2.24, 2.45) is 5.92 Å². The van der Waals surface area contributed by atoms with Gasteiger partial charge in [-0.1, -0.05) is 51.8 Å². The third-order valence-corrected chi connectivity index (χ3v) is 5.30. The molecule has 0 amide bonds. The molecule has 2 aromatic carbocycles. The van der Waals surface area contributed by atoms with E-state index in [2.05, 4.69) is 63.7 Å². The van der Waals surface area contributed by atoms with Crippen molar-refractivity contribution in [1.29, 1.82) is 0 Å². The van der Waals surface area contributed by atoms with E-state index < -0.39 is 0 Å². The molecule has 1 aliphatic heterocycles. The fourth-order valence-electron chi connectivity index (χ4n) is 3.57. The van der Waals surface area contributed by atoms with Crippen LogP contribution in [0.3, 0.4) is 0 Å². The van der Waals surface area contributed by atoms with Crippen LogP contribution in [0.1, 0.15) is 29.5 Å². The summed E-state index contributed by atoms with van der Waals surface area (Å²) < 4.78 is 1.15. The molecule has 3 atom stereocenters. The summed E-state index contributed by atoms with van der Waals surface area (Å²) in [5, 5.41) is 4.52. The predicted octanol–water partition coefficient (Wildman–Crippen LogP) is 5.93. The summed E-state index contributed by atoms with van der Waals surface area (Å²) in [5.74, 6) is 1.08. The molecule has 0 bridgehead atoms. The Morgan fingerprint density at radius 1 is 1.10 bits per heavy atom. The van der Waals surface area contributed by atoms with E-state index in [1.807, 2.05) is 12.1 Å². The molecular formula is C18H15BrClN. The lowest BCUT2D eigenvalue weighted by Gasteiger charge is -2.37. The quantitative estimate of drug-likeness (QED) is 0.622. The molecule has 106 valence electrons. The first-order valence-electron chi connectivity index (χ1n) is 7.20. The largest absolute Gasteiger partial charge is 0.378 e. The minimum atomic E-state index is 0.343. The van der Waals surface area contributed by atoms with Crippen molar-refractivity contribution in [3.05, 3.63) is 75.2 Å². The molecule has 1 aliphatic carbocycles. The highest BCUT2D eigenvalue weighted by atomic mass is 79.9. The molecule has 0 aromatic heterocycles. The summed E-state index contributed by atoms with van der Waals surface area (Å²) in [7, 11) is 0. The molecule has 1 nitrogen and oxygen atoms in total. The molecular weight excluding hydrogens is 346 g/mol. The normalized spacial score (nSPS) is 26.1. The van der Waals surface area contributed by atoms with Gasteiger partial charge in [0.1, 0.15) is 0 Å². The zero-order chi connectivity index (χ0) is 14.4. The second kappa shape index (κ2) is 5.19. The Labute approximate surface area is 138 Å². The van der Waals surface area contributed by atoms with Gasteiger partial charge in [0.05, 0.1) is 6.04 Å². The Hall–Kier alpha value is -1.25. The number of hydrogen-bond donors (Lipinski definition) is 1. The molecule has 3 unspecified atom stereocenters. The Morgan fingerprint density at radius 3 is 2.71 bits per heavy atom. The average Bonchev–Trinajstić information content (AvgIpc) is 2.97. The van der Waals surface area contributed by atoms with E-state index in [0.29, 0.717) is 17.9 Å². The number of anilines is 1. The first kappa shape index (κ1) is 13.4. The van der Waals surface area contributed by atoms with Gasteiger partial charge < -0.3 is 5.32 Å². The monoisotopic (exact) mass is 359 g/mol. The SMILES string of the molecule is Clc1ccc(C2Nc3ccc(Br)cc3C3C=CCC32)cc1. The van der Waals surface area contributed by atoms with Crippen molar-refractivity contribution in [3.8, 4) is 0 Å².